The van der Waals surface area contributed by atoms with E-state index in [1.54, 1.807) is 25.1 Å². The molecule has 198 valence electrons. The lowest BCUT2D eigenvalue weighted by molar-refractivity contribution is 0.165. The molecule has 8 nitrogen and oxygen atoms in total. The molecule has 0 radical (unpaired) electrons. The Kier molecular flexibility index (Phi) is 8.03. The van der Waals surface area contributed by atoms with Gasteiger partial charge in [-0.05, 0) is 48.7 Å². The van der Waals surface area contributed by atoms with Gasteiger partial charge in [-0.25, -0.2) is 13.4 Å². The number of sulfone groups is 1. The van der Waals surface area contributed by atoms with Crippen LogP contribution in [0.4, 0.5) is 4.39 Å². The summed E-state index contributed by atoms with van der Waals surface area (Å²) >= 11 is 0. The summed E-state index contributed by atoms with van der Waals surface area (Å²) in [5, 5.41) is 10.7. The summed E-state index contributed by atoms with van der Waals surface area (Å²) in [6.45, 7) is 3.63. The number of aromatic hydroxyl groups is 1. The first-order chi connectivity index (χ1) is 18.2. The molecule has 0 amide bonds. The highest BCUT2D eigenvalue weighted by Crippen LogP contribution is 2.30. The van der Waals surface area contributed by atoms with E-state index in [4.69, 9.17) is 4.74 Å². The first-order valence-corrected chi connectivity index (χ1v) is 13.5. The highest BCUT2D eigenvalue weighted by molar-refractivity contribution is 7.91. The molecule has 2 aromatic carbocycles. The van der Waals surface area contributed by atoms with Gasteiger partial charge in [-0.15, -0.1) is 0 Å². The molecule has 1 N–H and O–H groups in total. The number of halogens is 1. The number of pyridine rings is 1. The highest BCUT2D eigenvalue weighted by atomic mass is 32.2. The van der Waals surface area contributed by atoms with Gasteiger partial charge >= 0.3 is 0 Å². The normalized spacial score (nSPS) is 12.4. The van der Waals surface area contributed by atoms with Crippen LogP contribution in [-0.4, -0.2) is 41.8 Å². The van der Waals surface area contributed by atoms with E-state index in [1.807, 2.05) is 37.3 Å². The number of hydrogen-bond acceptors (Lipinski definition) is 7. The van der Waals surface area contributed by atoms with Gasteiger partial charge in [-0.2, -0.15) is 9.37 Å². The molecule has 0 fully saturated rings. The second-order valence-corrected chi connectivity index (χ2v) is 10.7. The lowest BCUT2D eigenvalue weighted by Gasteiger charge is -2.23. The number of hydrogen-bond donors (Lipinski definition) is 1. The number of aryl methyl sites for hydroxylation is 2. The Morgan fingerprint density at radius 3 is 2.32 bits per heavy atom. The molecule has 0 aliphatic rings. The third-order valence-corrected chi connectivity index (χ3v) is 8.01. The van der Waals surface area contributed by atoms with Crippen molar-refractivity contribution in [3.63, 3.8) is 0 Å². The Labute approximate surface area is 220 Å². The average molecular weight is 538 g/mol. The van der Waals surface area contributed by atoms with Gasteiger partial charge in [-0.3, -0.25) is 9.36 Å². The van der Waals surface area contributed by atoms with Crippen molar-refractivity contribution in [2.75, 3.05) is 13.7 Å². The van der Waals surface area contributed by atoms with Gasteiger partial charge in [-0.1, -0.05) is 49.4 Å². The van der Waals surface area contributed by atoms with Crippen molar-refractivity contribution in [1.82, 2.24) is 14.5 Å². The maximum atomic E-state index is 13.8. The van der Waals surface area contributed by atoms with Crippen molar-refractivity contribution in [1.29, 1.82) is 0 Å². The maximum absolute atomic E-state index is 13.8. The van der Waals surface area contributed by atoms with E-state index in [9.17, 15) is 22.7 Å². The SMILES string of the molecule is CCCc1nc(O)c(S(=O)(=O)c2ccc(-c3ccc(F)nc3C)cc2)c(=O)n1C(COC)c1ccccc1. The van der Waals surface area contributed by atoms with Crippen molar-refractivity contribution in [2.24, 2.45) is 0 Å². The predicted molar refractivity (Wildman–Crippen MR) is 140 cm³/mol. The third-order valence-electron chi connectivity index (χ3n) is 6.22. The molecule has 0 spiro atoms. The van der Waals surface area contributed by atoms with Crippen molar-refractivity contribution in [3.05, 3.63) is 100 Å². The predicted octanol–water partition coefficient (Wildman–Crippen LogP) is 4.48. The van der Waals surface area contributed by atoms with Crippen LogP contribution in [0.2, 0.25) is 0 Å². The summed E-state index contributed by atoms with van der Waals surface area (Å²) in [7, 11) is -2.97. The van der Waals surface area contributed by atoms with Crippen LogP contribution in [0.25, 0.3) is 11.1 Å². The van der Waals surface area contributed by atoms with Crippen LogP contribution in [0.3, 0.4) is 0 Å². The molecule has 1 atom stereocenters. The van der Waals surface area contributed by atoms with E-state index in [2.05, 4.69) is 9.97 Å². The largest absolute Gasteiger partial charge is 0.492 e. The summed E-state index contributed by atoms with van der Waals surface area (Å²) in [5.74, 6) is -1.20. The lowest BCUT2D eigenvalue weighted by atomic mass is 10.1. The summed E-state index contributed by atoms with van der Waals surface area (Å²) in [5.41, 5.74) is 1.56. The number of rotatable bonds is 9. The molecule has 0 saturated carbocycles. The lowest BCUT2D eigenvalue weighted by Crippen LogP contribution is -2.35. The minimum atomic E-state index is -4.46. The quantitative estimate of drug-likeness (QED) is 0.313. The molecule has 0 saturated heterocycles. The maximum Gasteiger partial charge on any atom is 0.277 e. The van der Waals surface area contributed by atoms with E-state index in [-0.39, 0.29) is 17.3 Å². The molecule has 1 unspecified atom stereocenters. The monoisotopic (exact) mass is 537 g/mol. The summed E-state index contributed by atoms with van der Waals surface area (Å²) in [4.78, 5) is 20.8. The molecule has 10 heteroatoms. The Hall–Kier alpha value is -3.89. The molecule has 0 aliphatic carbocycles. The van der Waals surface area contributed by atoms with Crippen LogP contribution >= 0.6 is 0 Å². The summed E-state index contributed by atoms with van der Waals surface area (Å²) in [6.07, 6.45) is 0.960. The fourth-order valence-electron chi connectivity index (χ4n) is 4.43. The van der Waals surface area contributed by atoms with Crippen molar-refractivity contribution in [2.45, 2.75) is 42.5 Å². The van der Waals surface area contributed by atoms with Crippen LogP contribution in [0, 0.1) is 12.9 Å². The summed E-state index contributed by atoms with van der Waals surface area (Å²) < 4.78 is 47.4. The summed E-state index contributed by atoms with van der Waals surface area (Å²) in [6, 6.07) is 17.0. The number of nitrogens with zero attached hydrogens (tertiary/aromatic N) is 3. The zero-order chi connectivity index (χ0) is 27.4. The highest BCUT2D eigenvalue weighted by Gasteiger charge is 2.32. The Bertz CT molecular complexity index is 1600. The van der Waals surface area contributed by atoms with Crippen LogP contribution in [0.15, 0.2) is 81.3 Å². The van der Waals surface area contributed by atoms with E-state index >= 15 is 0 Å². The fraction of sp³-hybridized carbons (Fsp3) is 0.250. The number of methoxy groups -OCH3 is 1. The number of ether oxygens (including phenoxy) is 1. The number of benzene rings is 2. The van der Waals surface area contributed by atoms with E-state index < -0.39 is 38.2 Å². The standard InChI is InChI=1S/C28H28FN3O5S/c1-4-8-25-31-27(33)26(28(34)32(25)23(17-37-3)20-9-6-5-7-10-20)38(35,36)21-13-11-19(12-14-21)22-15-16-24(29)30-18(22)2/h5-7,9-16,23,33H,4,8,17H2,1-3H3. The van der Waals surface area contributed by atoms with E-state index in [0.29, 0.717) is 29.7 Å². The van der Waals surface area contributed by atoms with Crippen LogP contribution < -0.4 is 5.56 Å². The van der Waals surface area contributed by atoms with Crippen molar-refractivity contribution < 1.29 is 22.7 Å². The molecular formula is C28H28FN3O5S. The van der Waals surface area contributed by atoms with Gasteiger partial charge in [0, 0.05) is 24.8 Å². The van der Waals surface area contributed by atoms with Gasteiger partial charge in [0.1, 0.15) is 5.82 Å². The third kappa shape index (κ3) is 5.23. The first-order valence-electron chi connectivity index (χ1n) is 12.1. The Morgan fingerprint density at radius 2 is 1.71 bits per heavy atom. The van der Waals surface area contributed by atoms with Crippen LogP contribution in [0.1, 0.15) is 36.5 Å². The average Bonchev–Trinajstić information content (AvgIpc) is 2.88. The van der Waals surface area contributed by atoms with Gasteiger partial charge < -0.3 is 9.84 Å². The molecular weight excluding hydrogens is 509 g/mol. The van der Waals surface area contributed by atoms with Crippen LogP contribution in [-0.2, 0) is 21.0 Å². The fourth-order valence-corrected chi connectivity index (χ4v) is 5.77. The molecule has 38 heavy (non-hydrogen) atoms. The first kappa shape index (κ1) is 27.2. The van der Waals surface area contributed by atoms with Gasteiger partial charge in [0.15, 0.2) is 4.90 Å². The van der Waals surface area contributed by atoms with Gasteiger partial charge in [0.25, 0.3) is 5.56 Å². The molecule has 0 bridgehead atoms. The van der Waals surface area contributed by atoms with Crippen LogP contribution in [0.5, 0.6) is 5.88 Å². The zero-order valence-electron chi connectivity index (χ0n) is 21.3. The molecule has 4 rings (SSSR count). The van der Waals surface area contributed by atoms with Gasteiger partial charge in [0.2, 0.25) is 21.7 Å². The minimum absolute atomic E-state index is 0.0896. The van der Waals surface area contributed by atoms with Gasteiger partial charge in [0.05, 0.1) is 17.5 Å². The molecule has 4 aromatic rings. The smallest absolute Gasteiger partial charge is 0.277 e. The molecule has 0 aliphatic heterocycles. The van der Waals surface area contributed by atoms with Crippen molar-refractivity contribution in [3.8, 4) is 17.0 Å². The van der Waals surface area contributed by atoms with Crippen molar-refractivity contribution >= 4 is 9.84 Å². The minimum Gasteiger partial charge on any atom is -0.492 e. The van der Waals surface area contributed by atoms with E-state index in [1.165, 1.54) is 29.9 Å². The molecule has 2 heterocycles. The topological polar surface area (TPSA) is 111 Å². The molecule has 2 aromatic heterocycles. The number of aromatic nitrogens is 3. The Morgan fingerprint density at radius 1 is 1.03 bits per heavy atom. The zero-order valence-corrected chi connectivity index (χ0v) is 22.1. The second kappa shape index (κ2) is 11.2. The Balaban J connectivity index is 1.86. The second-order valence-electron chi connectivity index (χ2n) is 8.78. The van der Waals surface area contributed by atoms with E-state index in [0.717, 1.165) is 5.56 Å².